The third-order valence-corrected chi connectivity index (χ3v) is 2.45. The summed E-state index contributed by atoms with van der Waals surface area (Å²) in [6.07, 6.45) is 6.25. The summed E-state index contributed by atoms with van der Waals surface area (Å²) in [5.74, 6) is 1.28. The van der Waals surface area contributed by atoms with E-state index in [-0.39, 0.29) is 11.8 Å². The molecule has 1 aromatic rings. The Balaban J connectivity index is 2.83. The Bertz CT molecular complexity index is 304. The van der Waals surface area contributed by atoms with Gasteiger partial charge in [0, 0.05) is 25.2 Å². The second kappa shape index (κ2) is 4.94. The number of hydrogen-bond donors (Lipinski definition) is 0. The molecule has 1 atom stereocenters. The second-order valence-electron chi connectivity index (χ2n) is 3.50. The van der Waals surface area contributed by atoms with Gasteiger partial charge in [0.05, 0.1) is 6.04 Å². The van der Waals surface area contributed by atoms with Crippen LogP contribution in [-0.4, -0.2) is 15.3 Å². The Hall–Kier alpha value is -1.12. The fourth-order valence-corrected chi connectivity index (χ4v) is 1.56. The first-order valence-corrected chi connectivity index (χ1v) is 5.25. The van der Waals surface area contributed by atoms with Crippen molar-refractivity contribution in [3.63, 3.8) is 0 Å². The molecule has 0 spiro atoms. The van der Waals surface area contributed by atoms with Crippen molar-refractivity contribution < 1.29 is 4.79 Å². The van der Waals surface area contributed by atoms with Gasteiger partial charge in [-0.3, -0.25) is 4.79 Å². The molecule has 0 fully saturated rings. The number of aromatic nitrogens is 2. The van der Waals surface area contributed by atoms with Gasteiger partial charge in [-0.05, 0) is 13.3 Å². The molecule has 0 bridgehead atoms. The molecule has 0 amide bonds. The van der Waals surface area contributed by atoms with Crippen LogP contribution in [0.15, 0.2) is 12.4 Å². The van der Waals surface area contributed by atoms with E-state index in [2.05, 4.69) is 11.9 Å². The highest BCUT2D eigenvalue weighted by atomic mass is 16.1. The highest BCUT2D eigenvalue weighted by molar-refractivity contribution is 5.81. The quantitative estimate of drug-likeness (QED) is 0.721. The van der Waals surface area contributed by atoms with E-state index in [1.807, 2.05) is 24.6 Å². The molecule has 0 aromatic carbocycles. The smallest absolute Gasteiger partial charge is 0.155 e. The lowest BCUT2D eigenvalue weighted by Gasteiger charge is -2.13. The Labute approximate surface area is 85.2 Å². The van der Waals surface area contributed by atoms with Crippen LogP contribution in [0.3, 0.4) is 0 Å². The van der Waals surface area contributed by atoms with Gasteiger partial charge in [-0.15, -0.1) is 0 Å². The van der Waals surface area contributed by atoms with Gasteiger partial charge in [0.25, 0.3) is 0 Å². The normalized spacial score (nSPS) is 12.8. The first kappa shape index (κ1) is 11.0. The van der Waals surface area contributed by atoms with E-state index in [0.717, 1.165) is 18.7 Å². The average molecular weight is 194 g/mol. The minimum atomic E-state index is -0.0657. The molecule has 1 aromatic heterocycles. The molecule has 0 aliphatic heterocycles. The van der Waals surface area contributed by atoms with Crippen LogP contribution in [0.4, 0.5) is 0 Å². The van der Waals surface area contributed by atoms with Crippen molar-refractivity contribution in [2.45, 2.75) is 46.1 Å². The molecule has 0 saturated carbocycles. The van der Waals surface area contributed by atoms with Crippen LogP contribution in [-0.2, 0) is 11.2 Å². The molecular weight excluding hydrogens is 176 g/mol. The summed E-state index contributed by atoms with van der Waals surface area (Å²) in [4.78, 5) is 15.8. The standard InChI is InChI=1S/C11H18N2O/c1-4-6-11-12-7-8-13(11)9(3)10(14)5-2/h7-9H,4-6H2,1-3H3. The van der Waals surface area contributed by atoms with Crippen molar-refractivity contribution in [3.05, 3.63) is 18.2 Å². The number of rotatable bonds is 5. The van der Waals surface area contributed by atoms with Gasteiger partial charge < -0.3 is 4.57 Å². The number of nitrogens with zero attached hydrogens (tertiary/aromatic N) is 2. The summed E-state index contributed by atoms with van der Waals surface area (Å²) in [5, 5.41) is 0. The maximum atomic E-state index is 11.5. The van der Waals surface area contributed by atoms with Gasteiger partial charge in [0.1, 0.15) is 5.82 Å². The van der Waals surface area contributed by atoms with E-state index in [9.17, 15) is 4.79 Å². The summed E-state index contributed by atoms with van der Waals surface area (Å²) in [5.41, 5.74) is 0. The van der Waals surface area contributed by atoms with Crippen LogP contribution in [0.1, 0.15) is 45.5 Å². The van der Waals surface area contributed by atoms with Gasteiger partial charge in [0.15, 0.2) is 5.78 Å². The zero-order valence-electron chi connectivity index (χ0n) is 9.16. The summed E-state index contributed by atoms with van der Waals surface area (Å²) in [6.45, 7) is 5.95. The maximum Gasteiger partial charge on any atom is 0.155 e. The van der Waals surface area contributed by atoms with E-state index < -0.39 is 0 Å². The highest BCUT2D eigenvalue weighted by Crippen LogP contribution is 2.13. The van der Waals surface area contributed by atoms with Gasteiger partial charge in [-0.25, -0.2) is 4.98 Å². The topological polar surface area (TPSA) is 34.9 Å². The minimum absolute atomic E-state index is 0.0657. The number of hydrogen-bond acceptors (Lipinski definition) is 2. The molecule has 0 aliphatic rings. The van der Waals surface area contributed by atoms with Crippen LogP contribution in [0.5, 0.6) is 0 Å². The lowest BCUT2D eigenvalue weighted by Crippen LogP contribution is -2.17. The van der Waals surface area contributed by atoms with Crippen LogP contribution >= 0.6 is 0 Å². The Kier molecular flexibility index (Phi) is 3.86. The van der Waals surface area contributed by atoms with E-state index in [4.69, 9.17) is 0 Å². The van der Waals surface area contributed by atoms with Crippen molar-refractivity contribution in [1.82, 2.24) is 9.55 Å². The van der Waals surface area contributed by atoms with Crippen LogP contribution in [0.25, 0.3) is 0 Å². The number of carbonyl (C=O) groups excluding carboxylic acids is 1. The fourth-order valence-electron chi connectivity index (χ4n) is 1.56. The SMILES string of the molecule is CCCc1nccn1C(C)C(=O)CC. The van der Waals surface area contributed by atoms with E-state index in [1.54, 1.807) is 6.20 Å². The lowest BCUT2D eigenvalue weighted by atomic mass is 10.1. The van der Waals surface area contributed by atoms with E-state index >= 15 is 0 Å². The van der Waals surface area contributed by atoms with Crippen molar-refractivity contribution in [1.29, 1.82) is 0 Å². The predicted molar refractivity (Wildman–Crippen MR) is 56.2 cm³/mol. The molecule has 1 rings (SSSR count). The zero-order valence-corrected chi connectivity index (χ0v) is 9.16. The Morgan fingerprint density at radius 3 is 2.86 bits per heavy atom. The second-order valence-corrected chi connectivity index (χ2v) is 3.50. The monoisotopic (exact) mass is 194 g/mol. The Morgan fingerprint density at radius 2 is 2.29 bits per heavy atom. The molecule has 3 heteroatoms. The number of Topliss-reactive ketones (excluding diaryl/α,β-unsaturated/α-hetero) is 1. The van der Waals surface area contributed by atoms with Crippen molar-refractivity contribution >= 4 is 5.78 Å². The highest BCUT2D eigenvalue weighted by Gasteiger charge is 2.14. The molecule has 0 aliphatic carbocycles. The first-order chi connectivity index (χ1) is 6.70. The minimum Gasteiger partial charge on any atom is -0.325 e. The van der Waals surface area contributed by atoms with E-state index in [0.29, 0.717) is 6.42 Å². The summed E-state index contributed by atoms with van der Waals surface area (Å²) in [7, 11) is 0. The number of carbonyl (C=O) groups is 1. The molecule has 0 N–H and O–H groups in total. The van der Waals surface area contributed by atoms with Crippen LogP contribution < -0.4 is 0 Å². The molecule has 1 heterocycles. The van der Waals surface area contributed by atoms with Gasteiger partial charge in [-0.1, -0.05) is 13.8 Å². The van der Waals surface area contributed by atoms with Crippen molar-refractivity contribution in [2.24, 2.45) is 0 Å². The number of aryl methyl sites for hydroxylation is 1. The first-order valence-electron chi connectivity index (χ1n) is 5.25. The van der Waals surface area contributed by atoms with Gasteiger partial charge in [-0.2, -0.15) is 0 Å². The number of imidazole rings is 1. The molecule has 78 valence electrons. The average Bonchev–Trinajstić information content (AvgIpc) is 2.64. The third-order valence-electron chi connectivity index (χ3n) is 2.45. The third kappa shape index (κ3) is 2.22. The molecule has 3 nitrogen and oxygen atoms in total. The van der Waals surface area contributed by atoms with Crippen molar-refractivity contribution in [3.8, 4) is 0 Å². The van der Waals surface area contributed by atoms with Crippen molar-refractivity contribution in [2.75, 3.05) is 0 Å². The summed E-state index contributed by atoms with van der Waals surface area (Å²) < 4.78 is 1.98. The number of ketones is 1. The fraction of sp³-hybridized carbons (Fsp3) is 0.636. The molecule has 0 radical (unpaired) electrons. The maximum absolute atomic E-state index is 11.5. The summed E-state index contributed by atoms with van der Waals surface area (Å²) >= 11 is 0. The molecule has 1 unspecified atom stereocenters. The van der Waals surface area contributed by atoms with Gasteiger partial charge in [0.2, 0.25) is 0 Å². The lowest BCUT2D eigenvalue weighted by molar-refractivity contribution is -0.121. The van der Waals surface area contributed by atoms with E-state index in [1.165, 1.54) is 0 Å². The van der Waals surface area contributed by atoms with Crippen LogP contribution in [0, 0.1) is 0 Å². The van der Waals surface area contributed by atoms with Gasteiger partial charge >= 0.3 is 0 Å². The predicted octanol–water partition coefficient (Wildman–Crippen LogP) is 2.38. The summed E-state index contributed by atoms with van der Waals surface area (Å²) in [6, 6.07) is -0.0657. The molecule has 14 heavy (non-hydrogen) atoms. The Morgan fingerprint density at radius 1 is 1.57 bits per heavy atom. The molecular formula is C11H18N2O. The zero-order chi connectivity index (χ0) is 10.6. The van der Waals surface area contributed by atoms with Crippen LogP contribution in [0.2, 0.25) is 0 Å². The largest absolute Gasteiger partial charge is 0.325 e. The molecule has 0 saturated heterocycles.